The summed E-state index contributed by atoms with van der Waals surface area (Å²) in [6, 6.07) is 0. The van der Waals surface area contributed by atoms with Gasteiger partial charge in [0.05, 0.1) is 11.5 Å². The lowest BCUT2D eigenvalue weighted by molar-refractivity contribution is -0.207. The summed E-state index contributed by atoms with van der Waals surface area (Å²) in [6.45, 7) is -0.235. The van der Waals surface area contributed by atoms with Gasteiger partial charge in [-0.3, -0.25) is 4.90 Å². The molecule has 1 heterocycles. The van der Waals surface area contributed by atoms with E-state index >= 15 is 0 Å². The van der Waals surface area contributed by atoms with Crippen molar-refractivity contribution in [2.75, 3.05) is 31.1 Å². The van der Waals surface area contributed by atoms with Crippen LogP contribution in [0.5, 0.6) is 0 Å². The number of halogens is 3. The Labute approximate surface area is 92.0 Å². The molecule has 1 fully saturated rings. The molecule has 1 unspecified atom stereocenters. The molecule has 1 saturated heterocycles. The van der Waals surface area contributed by atoms with Gasteiger partial charge in [0.1, 0.15) is 0 Å². The Morgan fingerprint density at radius 3 is 2.44 bits per heavy atom. The van der Waals surface area contributed by atoms with Crippen molar-refractivity contribution in [3.05, 3.63) is 0 Å². The topological polar surface area (TPSA) is 57.6 Å². The second kappa shape index (κ2) is 4.89. The molecule has 1 rings (SSSR count). The minimum absolute atomic E-state index is 0.00557. The minimum atomic E-state index is -4.65. The number of rotatable bonds is 2. The lowest BCUT2D eigenvalue weighted by Crippen LogP contribution is -2.42. The largest absolute Gasteiger partial charge is 0.415 e. The third kappa shape index (κ3) is 4.26. The number of aliphatic hydroxyl groups excluding tert-OH is 1. The van der Waals surface area contributed by atoms with Gasteiger partial charge in [0.2, 0.25) is 0 Å². The van der Waals surface area contributed by atoms with E-state index in [2.05, 4.69) is 0 Å². The molecule has 0 aromatic carbocycles. The fraction of sp³-hybridized carbons (Fsp3) is 1.00. The van der Waals surface area contributed by atoms with Crippen LogP contribution in [-0.4, -0.2) is 61.8 Å². The van der Waals surface area contributed by atoms with Crippen molar-refractivity contribution in [2.24, 2.45) is 0 Å². The third-order valence-corrected chi connectivity index (χ3v) is 4.17. The predicted molar refractivity (Wildman–Crippen MR) is 51.8 cm³/mol. The molecule has 0 amide bonds. The van der Waals surface area contributed by atoms with E-state index < -0.39 is 28.7 Å². The van der Waals surface area contributed by atoms with Crippen LogP contribution in [0.1, 0.15) is 6.42 Å². The van der Waals surface area contributed by atoms with E-state index in [-0.39, 0.29) is 24.6 Å². The normalized spacial score (nSPS) is 25.0. The zero-order valence-corrected chi connectivity index (χ0v) is 9.39. The van der Waals surface area contributed by atoms with Crippen LogP contribution in [0.2, 0.25) is 0 Å². The molecule has 1 N–H and O–H groups in total. The number of β-amino-alcohol motifs (C(OH)–C–C–N with tert-alkyl or cyclic N) is 1. The van der Waals surface area contributed by atoms with Gasteiger partial charge < -0.3 is 5.11 Å². The zero-order chi connectivity index (χ0) is 12.4. The van der Waals surface area contributed by atoms with Gasteiger partial charge in [0.15, 0.2) is 15.9 Å². The molecule has 4 nitrogen and oxygen atoms in total. The maximum absolute atomic E-state index is 12.1. The Hall–Kier alpha value is -0.340. The number of sulfone groups is 1. The zero-order valence-electron chi connectivity index (χ0n) is 8.57. The fourth-order valence-corrected chi connectivity index (χ4v) is 2.83. The summed E-state index contributed by atoms with van der Waals surface area (Å²) in [5.74, 6) is -0.136. The molecule has 0 aromatic rings. The van der Waals surface area contributed by atoms with Crippen LogP contribution in [0.4, 0.5) is 13.2 Å². The minimum Gasteiger partial charge on any atom is -0.382 e. The van der Waals surface area contributed by atoms with Crippen molar-refractivity contribution in [1.82, 2.24) is 4.90 Å². The Morgan fingerprint density at radius 1 is 1.25 bits per heavy atom. The van der Waals surface area contributed by atoms with Crippen molar-refractivity contribution < 1.29 is 26.7 Å². The first-order valence-electron chi connectivity index (χ1n) is 4.88. The van der Waals surface area contributed by atoms with E-state index in [4.69, 9.17) is 5.11 Å². The van der Waals surface area contributed by atoms with Crippen LogP contribution in [0.25, 0.3) is 0 Å². The summed E-state index contributed by atoms with van der Waals surface area (Å²) >= 11 is 0. The van der Waals surface area contributed by atoms with Gasteiger partial charge in [-0.2, -0.15) is 13.2 Å². The molecule has 96 valence electrons. The molecule has 1 aliphatic rings. The number of alkyl halides is 3. The molecular weight excluding hydrogens is 247 g/mol. The highest BCUT2D eigenvalue weighted by Crippen LogP contribution is 2.21. The number of nitrogens with zero attached hydrogens (tertiary/aromatic N) is 1. The molecule has 1 aliphatic heterocycles. The second-order valence-electron chi connectivity index (χ2n) is 3.86. The van der Waals surface area contributed by atoms with E-state index in [9.17, 15) is 21.6 Å². The maximum Gasteiger partial charge on any atom is 0.415 e. The van der Waals surface area contributed by atoms with E-state index in [1.807, 2.05) is 0 Å². The predicted octanol–water partition coefficient (Wildman–Crippen LogP) is 0.0301. The molecular formula is C8H14F3NO3S. The van der Waals surface area contributed by atoms with Crippen molar-refractivity contribution in [3.63, 3.8) is 0 Å². The summed E-state index contributed by atoms with van der Waals surface area (Å²) in [7, 11) is -3.13. The Bertz CT molecular complexity index is 328. The standard InChI is InChI=1S/C8H14F3NO3S/c9-8(10,11)7(13)6-12-2-1-4-16(14,15)5-3-12/h7,13H,1-6H2. The SMILES string of the molecule is O=S1(=O)CCCN(CC(O)C(F)(F)F)CC1. The summed E-state index contributed by atoms with van der Waals surface area (Å²) in [5, 5.41) is 8.84. The van der Waals surface area contributed by atoms with Crippen LogP contribution in [0.3, 0.4) is 0 Å². The Kier molecular flexibility index (Phi) is 4.19. The molecule has 0 spiro atoms. The molecule has 8 heteroatoms. The fourth-order valence-electron chi connectivity index (χ4n) is 1.52. The van der Waals surface area contributed by atoms with Crippen molar-refractivity contribution in [2.45, 2.75) is 18.7 Å². The summed E-state index contributed by atoms with van der Waals surface area (Å²) < 4.78 is 58.6. The average Bonchev–Trinajstić information content (AvgIpc) is 2.26. The Morgan fingerprint density at radius 2 is 1.88 bits per heavy atom. The molecule has 0 bridgehead atoms. The van der Waals surface area contributed by atoms with Crippen LogP contribution in [0, 0.1) is 0 Å². The van der Waals surface area contributed by atoms with Gasteiger partial charge in [-0.15, -0.1) is 0 Å². The molecule has 1 atom stereocenters. The van der Waals surface area contributed by atoms with Crippen LogP contribution < -0.4 is 0 Å². The lowest BCUT2D eigenvalue weighted by Gasteiger charge is -2.23. The van der Waals surface area contributed by atoms with Crippen molar-refractivity contribution >= 4 is 9.84 Å². The summed E-state index contributed by atoms with van der Waals surface area (Å²) in [6.07, 6.45) is -6.74. The number of hydrogen-bond acceptors (Lipinski definition) is 4. The summed E-state index contributed by atoms with van der Waals surface area (Å²) in [4.78, 5) is 1.34. The maximum atomic E-state index is 12.1. The van der Waals surface area contributed by atoms with Crippen LogP contribution in [0.15, 0.2) is 0 Å². The first-order chi connectivity index (χ1) is 7.21. The number of aliphatic hydroxyl groups is 1. The van der Waals surface area contributed by atoms with Crippen LogP contribution in [-0.2, 0) is 9.84 Å². The molecule has 0 aliphatic carbocycles. The van der Waals surface area contributed by atoms with Gasteiger partial charge in [-0.25, -0.2) is 8.42 Å². The summed E-state index contributed by atoms with van der Waals surface area (Å²) in [5.41, 5.74) is 0. The average molecular weight is 261 g/mol. The van der Waals surface area contributed by atoms with Crippen molar-refractivity contribution in [1.29, 1.82) is 0 Å². The van der Waals surface area contributed by atoms with Crippen LogP contribution >= 0.6 is 0 Å². The van der Waals surface area contributed by atoms with E-state index in [0.717, 1.165) is 0 Å². The number of hydrogen-bond donors (Lipinski definition) is 1. The van der Waals surface area contributed by atoms with E-state index in [1.165, 1.54) is 4.90 Å². The monoisotopic (exact) mass is 261 g/mol. The second-order valence-corrected chi connectivity index (χ2v) is 6.17. The van der Waals surface area contributed by atoms with Crippen molar-refractivity contribution in [3.8, 4) is 0 Å². The van der Waals surface area contributed by atoms with Gasteiger partial charge in [0.25, 0.3) is 0 Å². The smallest absolute Gasteiger partial charge is 0.382 e. The van der Waals surface area contributed by atoms with Gasteiger partial charge >= 0.3 is 6.18 Å². The lowest BCUT2D eigenvalue weighted by atomic mass is 10.3. The highest BCUT2D eigenvalue weighted by molar-refractivity contribution is 7.91. The third-order valence-electron chi connectivity index (χ3n) is 2.46. The van der Waals surface area contributed by atoms with E-state index in [0.29, 0.717) is 6.42 Å². The van der Waals surface area contributed by atoms with E-state index in [1.54, 1.807) is 0 Å². The highest BCUT2D eigenvalue weighted by atomic mass is 32.2. The first-order valence-corrected chi connectivity index (χ1v) is 6.70. The Balaban J connectivity index is 2.51. The first kappa shape index (κ1) is 13.7. The highest BCUT2D eigenvalue weighted by Gasteiger charge is 2.39. The van der Waals surface area contributed by atoms with Gasteiger partial charge in [0, 0.05) is 13.1 Å². The van der Waals surface area contributed by atoms with Gasteiger partial charge in [-0.05, 0) is 13.0 Å². The molecule has 0 aromatic heterocycles. The molecule has 0 saturated carbocycles. The van der Waals surface area contributed by atoms with Gasteiger partial charge in [-0.1, -0.05) is 0 Å². The molecule has 0 radical (unpaired) electrons. The molecule has 16 heavy (non-hydrogen) atoms. The quantitative estimate of drug-likeness (QED) is 0.762.